The van der Waals surface area contributed by atoms with Crippen molar-refractivity contribution in [2.75, 3.05) is 17.9 Å². The molecule has 1 aromatic heterocycles. The lowest BCUT2D eigenvalue weighted by atomic mass is 10.2. The zero-order valence-corrected chi connectivity index (χ0v) is 10.6. The molecule has 2 rings (SSSR count). The smallest absolute Gasteiger partial charge is 0.311 e. The third kappa shape index (κ3) is 2.91. The predicted molar refractivity (Wildman–Crippen MR) is 70.8 cm³/mol. The van der Waals surface area contributed by atoms with Gasteiger partial charge in [-0.25, -0.2) is 10.8 Å². The summed E-state index contributed by atoms with van der Waals surface area (Å²) < 4.78 is 5.35. The molecule has 104 valence electrons. The molecule has 1 fully saturated rings. The molecule has 19 heavy (non-hydrogen) atoms. The van der Waals surface area contributed by atoms with E-state index < -0.39 is 4.92 Å². The highest BCUT2D eigenvalue weighted by Gasteiger charge is 2.29. The van der Waals surface area contributed by atoms with Crippen LogP contribution in [0.4, 0.5) is 17.3 Å². The minimum atomic E-state index is -0.466. The second-order valence-corrected chi connectivity index (χ2v) is 4.42. The van der Waals surface area contributed by atoms with Crippen LogP contribution in [0.2, 0.25) is 0 Å². The molecular formula is C11H17N5O3. The first-order valence-electron chi connectivity index (χ1n) is 6.07. The van der Waals surface area contributed by atoms with Crippen LogP contribution in [-0.2, 0) is 4.74 Å². The van der Waals surface area contributed by atoms with Gasteiger partial charge in [-0.15, -0.1) is 0 Å². The number of hydrazine groups is 1. The Morgan fingerprint density at radius 3 is 2.95 bits per heavy atom. The number of nitrogens with two attached hydrogens (primary N) is 1. The van der Waals surface area contributed by atoms with Gasteiger partial charge < -0.3 is 15.5 Å². The Hall–Kier alpha value is -1.93. The maximum Gasteiger partial charge on any atom is 0.311 e. The summed E-state index contributed by atoms with van der Waals surface area (Å²) in [5, 5.41) is 14.1. The van der Waals surface area contributed by atoms with Crippen molar-refractivity contribution in [3.63, 3.8) is 0 Å². The van der Waals surface area contributed by atoms with Crippen molar-refractivity contribution in [1.29, 1.82) is 0 Å². The van der Waals surface area contributed by atoms with Crippen molar-refractivity contribution in [2.24, 2.45) is 5.84 Å². The molecule has 0 aromatic carbocycles. The van der Waals surface area contributed by atoms with E-state index in [0.717, 1.165) is 19.3 Å². The molecule has 1 saturated carbocycles. The van der Waals surface area contributed by atoms with Gasteiger partial charge in [-0.05, 0) is 25.3 Å². The normalized spacial score (nSPS) is 22.2. The van der Waals surface area contributed by atoms with Gasteiger partial charge in [0.2, 0.25) is 5.82 Å². The zero-order valence-electron chi connectivity index (χ0n) is 10.6. The molecule has 0 bridgehead atoms. The summed E-state index contributed by atoms with van der Waals surface area (Å²) >= 11 is 0. The molecule has 0 radical (unpaired) electrons. The highest BCUT2D eigenvalue weighted by atomic mass is 16.6. The van der Waals surface area contributed by atoms with Crippen molar-refractivity contribution in [1.82, 2.24) is 4.98 Å². The Labute approximate surface area is 110 Å². The van der Waals surface area contributed by atoms with Crippen LogP contribution in [0.25, 0.3) is 0 Å². The van der Waals surface area contributed by atoms with Crippen LogP contribution in [0.5, 0.6) is 0 Å². The first-order valence-corrected chi connectivity index (χ1v) is 6.07. The molecule has 2 atom stereocenters. The number of aromatic nitrogens is 1. The van der Waals surface area contributed by atoms with Gasteiger partial charge in [0.25, 0.3) is 0 Å². The van der Waals surface area contributed by atoms with Crippen LogP contribution in [0.3, 0.4) is 0 Å². The summed E-state index contributed by atoms with van der Waals surface area (Å²) in [5.74, 6) is 5.86. The van der Waals surface area contributed by atoms with Crippen LogP contribution < -0.4 is 16.6 Å². The summed E-state index contributed by atoms with van der Waals surface area (Å²) in [5.41, 5.74) is 2.31. The number of ether oxygens (including phenoxy) is 1. The summed E-state index contributed by atoms with van der Waals surface area (Å²) in [6.07, 6.45) is 2.92. The standard InChI is InChI=1S/C11H17N5O3/c1-19-9-4-2-3-7(9)13-11-8(16(17)18)5-6-10(14-11)15-12/h5-7,9H,2-4,12H2,1H3,(H2,13,14,15). The maximum absolute atomic E-state index is 11.0. The number of hydrogen-bond donors (Lipinski definition) is 3. The maximum atomic E-state index is 11.0. The zero-order chi connectivity index (χ0) is 13.8. The predicted octanol–water partition coefficient (Wildman–Crippen LogP) is 1.25. The van der Waals surface area contributed by atoms with Gasteiger partial charge >= 0.3 is 5.69 Å². The van der Waals surface area contributed by atoms with Crippen LogP contribution in [0.1, 0.15) is 19.3 Å². The van der Waals surface area contributed by atoms with Crippen LogP contribution in [-0.4, -0.2) is 29.2 Å². The molecule has 0 saturated heterocycles. The van der Waals surface area contributed by atoms with Gasteiger partial charge in [-0.1, -0.05) is 0 Å². The number of rotatable bonds is 5. The summed E-state index contributed by atoms with van der Waals surface area (Å²) in [4.78, 5) is 14.6. The fourth-order valence-corrected chi connectivity index (χ4v) is 2.33. The van der Waals surface area contributed by atoms with Gasteiger partial charge in [0.05, 0.1) is 17.1 Å². The number of pyridine rings is 1. The van der Waals surface area contributed by atoms with Gasteiger partial charge in [0.15, 0.2) is 0 Å². The highest BCUT2D eigenvalue weighted by molar-refractivity contribution is 5.60. The van der Waals surface area contributed by atoms with Crippen molar-refractivity contribution >= 4 is 17.3 Å². The Bertz CT molecular complexity index is 468. The summed E-state index contributed by atoms with van der Waals surface area (Å²) in [6.45, 7) is 0. The van der Waals surface area contributed by atoms with Crippen LogP contribution >= 0.6 is 0 Å². The van der Waals surface area contributed by atoms with E-state index in [2.05, 4.69) is 15.7 Å². The van der Waals surface area contributed by atoms with E-state index in [-0.39, 0.29) is 23.7 Å². The largest absolute Gasteiger partial charge is 0.379 e. The fourth-order valence-electron chi connectivity index (χ4n) is 2.33. The van der Waals surface area contributed by atoms with Gasteiger partial charge in [-0.2, -0.15) is 0 Å². The monoisotopic (exact) mass is 267 g/mol. The second kappa shape index (κ2) is 5.81. The number of methoxy groups -OCH3 is 1. The first-order chi connectivity index (χ1) is 9.15. The highest BCUT2D eigenvalue weighted by Crippen LogP contribution is 2.29. The lowest BCUT2D eigenvalue weighted by Crippen LogP contribution is -2.30. The van der Waals surface area contributed by atoms with Crippen molar-refractivity contribution in [2.45, 2.75) is 31.4 Å². The summed E-state index contributed by atoms with van der Waals surface area (Å²) in [6, 6.07) is 2.87. The van der Waals surface area contributed by atoms with E-state index in [9.17, 15) is 10.1 Å². The molecule has 1 aliphatic carbocycles. The average molecular weight is 267 g/mol. The van der Waals surface area contributed by atoms with Gasteiger partial charge in [0.1, 0.15) is 5.82 Å². The quantitative estimate of drug-likeness (QED) is 0.417. The van der Waals surface area contributed by atoms with Crippen molar-refractivity contribution in [3.8, 4) is 0 Å². The third-order valence-electron chi connectivity index (χ3n) is 3.30. The van der Waals surface area contributed by atoms with Crippen molar-refractivity contribution < 1.29 is 9.66 Å². The molecule has 4 N–H and O–H groups in total. The summed E-state index contributed by atoms with van der Waals surface area (Å²) in [7, 11) is 1.64. The van der Waals surface area contributed by atoms with Gasteiger partial charge in [-0.3, -0.25) is 10.1 Å². The van der Waals surface area contributed by atoms with E-state index in [1.54, 1.807) is 7.11 Å². The Balaban J connectivity index is 2.24. The molecule has 8 heteroatoms. The number of anilines is 2. The van der Waals surface area contributed by atoms with E-state index in [1.807, 2.05) is 0 Å². The number of hydrogen-bond acceptors (Lipinski definition) is 7. The molecule has 1 aromatic rings. The molecular weight excluding hydrogens is 250 g/mol. The Morgan fingerprint density at radius 2 is 2.32 bits per heavy atom. The van der Waals surface area contributed by atoms with Gasteiger partial charge in [0, 0.05) is 13.2 Å². The van der Waals surface area contributed by atoms with E-state index in [0.29, 0.717) is 5.82 Å². The lowest BCUT2D eigenvalue weighted by Gasteiger charge is -2.20. The molecule has 2 unspecified atom stereocenters. The first kappa shape index (κ1) is 13.5. The fraction of sp³-hybridized carbons (Fsp3) is 0.545. The third-order valence-corrected chi connectivity index (χ3v) is 3.30. The minimum absolute atomic E-state index is 0.0317. The number of nitrogens with one attached hydrogen (secondary N) is 2. The molecule has 1 heterocycles. The van der Waals surface area contributed by atoms with E-state index >= 15 is 0 Å². The minimum Gasteiger partial charge on any atom is -0.379 e. The number of nitrogen functional groups attached to an aromatic ring is 1. The van der Waals surface area contributed by atoms with Crippen molar-refractivity contribution in [3.05, 3.63) is 22.2 Å². The molecule has 8 nitrogen and oxygen atoms in total. The molecule has 0 amide bonds. The van der Waals surface area contributed by atoms with E-state index in [4.69, 9.17) is 10.6 Å². The second-order valence-electron chi connectivity index (χ2n) is 4.42. The average Bonchev–Trinajstić information content (AvgIpc) is 2.85. The SMILES string of the molecule is COC1CCCC1Nc1nc(NN)ccc1[N+](=O)[O-]. The molecule has 1 aliphatic rings. The molecule has 0 spiro atoms. The van der Waals surface area contributed by atoms with Crippen LogP contribution in [0.15, 0.2) is 12.1 Å². The lowest BCUT2D eigenvalue weighted by molar-refractivity contribution is -0.384. The van der Waals surface area contributed by atoms with Crippen LogP contribution in [0, 0.1) is 10.1 Å². The Morgan fingerprint density at radius 1 is 1.53 bits per heavy atom. The van der Waals surface area contributed by atoms with E-state index in [1.165, 1.54) is 12.1 Å². The topological polar surface area (TPSA) is 115 Å². The molecule has 0 aliphatic heterocycles. The Kier molecular flexibility index (Phi) is 4.13. The number of nitro groups is 1. The number of nitrogens with zero attached hydrogens (tertiary/aromatic N) is 2.